The molecule has 2 heterocycles. The van der Waals surface area contributed by atoms with Gasteiger partial charge in [-0.3, -0.25) is 4.57 Å². The summed E-state index contributed by atoms with van der Waals surface area (Å²) in [5, 5.41) is 9.76. The fraction of sp³-hybridized carbons (Fsp3) is 0.556. The molecule has 0 radical (unpaired) electrons. The van der Waals surface area contributed by atoms with Gasteiger partial charge >= 0.3 is 13.9 Å². The number of rotatable bonds is 4. The lowest BCUT2D eigenvalue weighted by Gasteiger charge is -2.15. The van der Waals surface area contributed by atoms with Crippen molar-refractivity contribution < 1.29 is 29.0 Å². The van der Waals surface area contributed by atoms with E-state index in [1.54, 1.807) is 0 Å². The molecular formula is C9H15N3O7P+. The molecule has 0 spiro atoms. The molecule has 0 amide bonds. The highest BCUT2D eigenvalue weighted by Gasteiger charge is 2.41. The minimum Gasteiger partial charge on any atom is -0.390 e. The van der Waals surface area contributed by atoms with Crippen LogP contribution in [0.5, 0.6) is 0 Å². The predicted molar refractivity (Wildman–Crippen MR) is 67.0 cm³/mol. The van der Waals surface area contributed by atoms with Gasteiger partial charge in [0.15, 0.2) is 0 Å². The van der Waals surface area contributed by atoms with Gasteiger partial charge in [-0.15, -0.1) is 0 Å². The highest BCUT2D eigenvalue weighted by Crippen LogP contribution is 2.46. The van der Waals surface area contributed by atoms with Gasteiger partial charge in [-0.2, -0.15) is 24.2 Å². The zero-order valence-electron chi connectivity index (χ0n) is 10.2. The van der Waals surface area contributed by atoms with Crippen LogP contribution in [-0.4, -0.2) is 48.2 Å². The second-order valence-electron chi connectivity index (χ2n) is 4.28. The van der Waals surface area contributed by atoms with Gasteiger partial charge in [0, 0.05) is 12.6 Å². The van der Waals surface area contributed by atoms with Crippen LogP contribution < -0.4 is 11.4 Å². The first-order valence-corrected chi connectivity index (χ1v) is 7.23. The van der Waals surface area contributed by atoms with Crippen molar-refractivity contribution in [3.05, 3.63) is 22.7 Å². The Labute approximate surface area is 113 Å². The van der Waals surface area contributed by atoms with Gasteiger partial charge in [0.1, 0.15) is 24.8 Å². The lowest BCUT2D eigenvalue weighted by molar-refractivity contribution is -0.0476. The maximum absolute atomic E-state index is 11.6. The third kappa shape index (κ3) is 3.70. The number of aliphatic hydroxyl groups excluding tert-OH is 1. The molecule has 0 saturated carbocycles. The molecule has 0 aromatic carbocycles. The van der Waals surface area contributed by atoms with Crippen molar-refractivity contribution in [2.45, 2.75) is 24.9 Å². The number of nitrogens with two attached hydrogens (primary N) is 1. The van der Waals surface area contributed by atoms with Gasteiger partial charge in [-0.05, 0) is 6.07 Å². The molecule has 3 atom stereocenters. The highest BCUT2D eigenvalue weighted by atomic mass is 31.2. The number of anilines is 1. The third-order valence-corrected chi connectivity index (χ3v) is 3.27. The van der Waals surface area contributed by atoms with E-state index in [0.29, 0.717) is 0 Å². The molecule has 1 aliphatic rings. The molecule has 0 unspecified atom stereocenters. The van der Waals surface area contributed by atoms with Crippen LogP contribution in [0.1, 0.15) is 12.6 Å². The molecule has 1 aromatic rings. The Balaban J connectivity index is 2.05. The SMILES string of the molecule is Nc1ccn([C@H]2C[C@H](O)[C@@H](CO[P+](O)(O)O)O2)c(=O)n1. The molecule has 1 fully saturated rings. The zero-order chi connectivity index (χ0) is 14.9. The van der Waals surface area contributed by atoms with Crippen LogP contribution in [0.3, 0.4) is 0 Å². The Hall–Kier alpha value is -1.13. The summed E-state index contributed by atoms with van der Waals surface area (Å²) >= 11 is 0. The van der Waals surface area contributed by atoms with Crippen LogP contribution in [0.2, 0.25) is 0 Å². The quantitative estimate of drug-likeness (QED) is 0.402. The molecule has 0 aliphatic carbocycles. The summed E-state index contributed by atoms with van der Waals surface area (Å²) in [6.45, 7) is -0.425. The smallest absolute Gasteiger partial charge is 0.390 e. The van der Waals surface area contributed by atoms with Gasteiger partial charge in [0.2, 0.25) is 0 Å². The van der Waals surface area contributed by atoms with E-state index in [1.165, 1.54) is 12.3 Å². The van der Waals surface area contributed by atoms with Crippen LogP contribution >= 0.6 is 8.17 Å². The Morgan fingerprint density at radius 2 is 2.25 bits per heavy atom. The van der Waals surface area contributed by atoms with Crippen molar-refractivity contribution in [1.82, 2.24) is 9.55 Å². The molecule has 0 bridgehead atoms. The van der Waals surface area contributed by atoms with Crippen molar-refractivity contribution in [3.63, 3.8) is 0 Å². The molecule has 10 nitrogen and oxygen atoms in total. The first-order valence-electron chi connectivity index (χ1n) is 5.66. The van der Waals surface area contributed by atoms with Gasteiger partial charge in [0.05, 0.1) is 6.10 Å². The van der Waals surface area contributed by atoms with Gasteiger partial charge < -0.3 is 15.6 Å². The van der Waals surface area contributed by atoms with E-state index >= 15 is 0 Å². The number of aliphatic hydroxyl groups is 1. The first kappa shape index (κ1) is 15.3. The van der Waals surface area contributed by atoms with E-state index in [1.807, 2.05) is 0 Å². The number of ether oxygens (including phenoxy) is 1. The Kier molecular flexibility index (Phi) is 4.35. The van der Waals surface area contributed by atoms with E-state index in [2.05, 4.69) is 9.51 Å². The van der Waals surface area contributed by atoms with Crippen molar-refractivity contribution in [1.29, 1.82) is 0 Å². The summed E-state index contributed by atoms with van der Waals surface area (Å²) in [7, 11) is -4.39. The van der Waals surface area contributed by atoms with E-state index in [0.717, 1.165) is 4.57 Å². The number of nitrogen functional groups attached to an aromatic ring is 1. The maximum atomic E-state index is 11.6. The van der Waals surface area contributed by atoms with Crippen LogP contribution in [0, 0.1) is 0 Å². The molecule has 11 heteroatoms. The third-order valence-electron chi connectivity index (χ3n) is 2.78. The first-order chi connectivity index (χ1) is 9.26. The number of hydrogen-bond acceptors (Lipinski definition) is 9. The highest BCUT2D eigenvalue weighted by molar-refractivity contribution is 7.53. The summed E-state index contributed by atoms with van der Waals surface area (Å²) in [5.74, 6) is 0.0695. The van der Waals surface area contributed by atoms with Crippen molar-refractivity contribution in [2.24, 2.45) is 0 Å². The Bertz CT molecular complexity index is 531. The molecule has 2 rings (SSSR count). The van der Waals surface area contributed by atoms with E-state index in [4.69, 9.17) is 25.2 Å². The average Bonchev–Trinajstić information content (AvgIpc) is 2.67. The van der Waals surface area contributed by atoms with Crippen molar-refractivity contribution in [3.8, 4) is 0 Å². The summed E-state index contributed by atoms with van der Waals surface area (Å²) in [6, 6.07) is 1.41. The number of aromatic nitrogens is 2. The van der Waals surface area contributed by atoms with Crippen LogP contribution in [-0.2, 0) is 9.26 Å². The van der Waals surface area contributed by atoms with Gasteiger partial charge in [-0.1, -0.05) is 0 Å². The summed E-state index contributed by atoms with van der Waals surface area (Å²) in [4.78, 5) is 41.3. The van der Waals surface area contributed by atoms with Gasteiger partial charge in [0.25, 0.3) is 0 Å². The lowest BCUT2D eigenvalue weighted by atomic mass is 10.2. The monoisotopic (exact) mass is 308 g/mol. The van der Waals surface area contributed by atoms with E-state index < -0.39 is 38.9 Å². The largest absolute Gasteiger partial charge is 0.567 e. The Morgan fingerprint density at radius 1 is 1.55 bits per heavy atom. The maximum Gasteiger partial charge on any atom is 0.567 e. The second-order valence-corrected chi connectivity index (χ2v) is 5.57. The molecule has 1 aliphatic heterocycles. The summed E-state index contributed by atoms with van der Waals surface area (Å²) in [5.41, 5.74) is 4.73. The number of hydrogen-bond donors (Lipinski definition) is 5. The van der Waals surface area contributed by atoms with Crippen LogP contribution in [0.25, 0.3) is 0 Å². The summed E-state index contributed by atoms with van der Waals surface area (Å²) in [6.07, 6.45) is -1.20. The van der Waals surface area contributed by atoms with Crippen molar-refractivity contribution >= 4 is 14.0 Å². The fourth-order valence-corrected chi connectivity index (χ4v) is 2.20. The van der Waals surface area contributed by atoms with E-state index in [9.17, 15) is 9.90 Å². The van der Waals surface area contributed by atoms with E-state index in [-0.39, 0.29) is 12.2 Å². The summed E-state index contributed by atoms with van der Waals surface area (Å²) < 4.78 is 10.9. The van der Waals surface area contributed by atoms with Crippen LogP contribution in [0.15, 0.2) is 17.1 Å². The minimum atomic E-state index is -4.39. The molecule has 20 heavy (non-hydrogen) atoms. The van der Waals surface area contributed by atoms with Gasteiger partial charge in [-0.25, -0.2) is 4.79 Å². The van der Waals surface area contributed by atoms with Crippen LogP contribution in [0.4, 0.5) is 5.82 Å². The molecule has 112 valence electrons. The minimum absolute atomic E-state index is 0.0695. The normalized spacial score (nSPS) is 26.9. The molecular weight excluding hydrogens is 293 g/mol. The predicted octanol–water partition coefficient (Wildman–Crippen LogP) is -1.86. The second kappa shape index (κ2) is 5.70. The van der Waals surface area contributed by atoms with Crippen molar-refractivity contribution in [2.75, 3.05) is 12.3 Å². The fourth-order valence-electron chi connectivity index (χ4n) is 1.85. The molecule has 6 N–H and O–H groups in total. The Morgan fingerprint density at radius 3 is 2.85 bits per heavy atom. The lowest BCUT2D eigenvalue weighted by Crippen LogP contribution is -2.28. The number of nitrogens with zero attached hydrogens (tertiary/aromatic N) is 2. The topological polar surface area (TPSA) is 160 Å². The molecule has 1 aromatic heterocycles. The standard InChI is InChI=1S/C9H14N3O7P/c10-7-1-2-12(9(14)11-7)8-3-5(13)6(19-8)4-18-20(15,16)17/h1-2,5-6,8,13,15-17H,3-4H2,(H-,10,11,14)/p+1/t5-,6+,8+/m0/s1. The molecule has 1 saturated heterocycles. The zero-order valence-corrected chi connectivity index (χ0v) is 11.1. The average molecular weight is 308 g/mol.